The summed E-state index contributed by atoms with van der Waals surface area (Å²) in [5, 5.41) is 14.4. The van der Waals surface area contributed by atoms with Gasteiger partial charge in [0.1, 0.15) is 0 Å². The first-order chi connectivity index (χ1) is 8.93. The van der Waals surface area contributed by atoms with Crippen molar-refractivity contribution in [2.75, 3.05) is 19.6 Å². The van der Waals surface area contributed by atoms with Crippen LogP contribution in [0.3, 0.4) is 0 Å². The van der Waals surface area contributed by atoms with Crippen LogP contribution in [0.4, 0.5) is 4.79 Å². The summed E-state index contributed by atoms with van der Waals surface area (Å²) in [6.07, 6.45) is 1.02. The van der Waals surface area contributed by atoms with Crippen LogP contribution in [-0.2, 0) is 9.59 Å². The number of urea groups is 1. The first-order valence-electron chi connectivity index (χ1n) is 6.49. The van der Waals surface area contributed by atoms with E-state index >= 15 is 0 Å². The van der Waals surface area contributed by atoms with Gasteiger partial charge in [0, 0.05) is 32.1 Å². The van der Waals surface area contributed by atoms with E-state index in [1.54, 1.807) is 13.8 Å². The first-order valence-corrected chi connectivity index (χ1v) is 6.49. The number of rotatable bonds is 5. The van der Waals surface area contributed by atoms with E-state index in [-0.39, 0.29) is 24.5 Å². The minimum atomic E-state index is -0.920. The molecule has 1 rings (SSSR count). The van der Waals surface area contributed by atoms with Gasteiger partial charge >= 0.3 is 12.0 Å². The van der Waals surface area contributed by atoms with Crippen molar-refractivity contribution in [2.24, 2.45) is 5.92 Å². The molecule has 0 aliphatic carbocycles. The molecule has 0 aromatic rings. The molecular weight excluding hydrogens is 250 g/mol. The van der Waals surface area contributed by atoms with Crippen molar-refractivity contribution in [3.05, 3.63) is 0 Å². The first kappa shape index (κ1) is 15.3. The third-order valence-corrected chi connectivity index (χ3v) is 3.18. The zero-order valence-corrected chi connectivity index (χ0v) is 11.3. The number of piperidine rings is 1. The van der Waals surface area contributed by atoms with Gasteiger partial charge in [0.2, 0.25) is 5.91 Å². The van der Waals surface area contributed by atoms with E-state index in [0.717, 1.165) is 0 Å². The number of carbonyl (C=O) groups is 3. The van der Waals surface area contributed by atoms with Gasteiger partial charge in [-0.05, 0) is 13.3 Å². The monoisotopic (exact) mass is 271 g/mol. The number of carboxylic acids is 1. The smallest absolute Gasteiger partial charge is 0.317 e. The number of aliphatic carboxylic acids is 1. The highest BCUT2D eigenvalue weighted by atomic mass is 16.4. The Kier molecular flexibility index (Phi) is 5.59. The minimum absolute atomic E-state index is 0.00246. The third-order valence-electron chi connectivity index (χ3n) is 3.18. The molecule has 1 aliphatic heterocycles. The van der Waals surface area contributed by atoms with Crippen molar-refractivity contribution in [2.45, 2.75) is 32.7 Å². The lowest BCUT2D eigenvalue weighted by molar-refractivity contribution is -0.141. The van der Waals surface area contributed by atoms with E-state index in [1.807, 2.05) is 0 Å². The SMILES string of the molecule is CCN(CC(C)C(=O)O)C(=O)NC1CCC(=O)NC1. The van der Waals surface area contributed by atoms with Crippen molar-refractivity contribution in [1.29, 1.82) is 0 Å². The normalized spacial score (nSPS) is 20.3. The van der Waals surface area contributed by atoms with Crippen LogP contribution in [0.15, 0.2) is 0 Å². The average Bonchev–Trinajstić information content (AvgIpc) is 2.38. The third kappa shape index (κ3) is 4.76. The Balaban J connectivity index is 2.45. The largest absolute Gasteiger partial charge is 0.481 e. The summed E-state index contributed by atoms with van der Waals surface area (Å²) >= 11 is 0. The summed E-state index contributed by atoms with van der Waals surface area (Å²) < 4.78 is 0. The summed E-state index contributed by atoms with van der Waals surface area (Å²) in [4.78, 5) is 35.3. The van der Waals surface area contributed by atoms with Gasteiger partial charge in [0.15, 0.2) is 0 Å². The van der Waals surface area contributed by atoms with E-state index in [2.05, 4.69) is 10.6 Å². The Hall–Kier alpha value is -1.79. The van der Waals surface area contributed by atoms with Gasteiger partial charge in [-0.3, -0.25) is 9.59 Å². The second-order valence-electron chi connectivity index (χ2n) is 4.77. The number of carboxylic acid groups (broad SMARTS) is 1. The van der Waals surface area contributed by atoms with Crippen molar-refractivity contribution >= 4 is 17.9 Å². The fraction of sp³-hybridized carbons (Fsp3) is 0.750. The van der Waals surface area contributed by atoms with Gasteiger partial charge in [-0.1, -0.05) is 6.92 Å². The van der Waals surface area contributed by atoms with E-state index in [0.29, 0.717) is 25.9 Å². The summed E-state index contributed by atoms with van der Waals surface area (Å²) in [6, 6.07) is -0.365. The van der Waals surface area contributed by atoms with Crippen LogP contribution in [0.25, 0.3) is 0 Å². The molecule has 2 unspecified atom stereocenters. The Bertz CT molecular complexity index is 349. The zero-order valence-electron chi connectivity index (χ0n) is 11.3. The van der Waals surface area contributed by atoms with E-state index < -0.39 is 11.9 Å². The van der Waals surface area contributed by atoms with Crippen LogP contribution in [0, 0.1) is 5.92 Å². The number of hydrogen-bond acceptors (Lipinski definition) is 3. The molecule has 0 radical (unpaired) electrons. The van der Waals surface area contributed by atoms with Gasteiger partial charge in [0.05, 0.1) is 5.92 Å². The van der Waals surface area contributed by atoms with Gasteiger partial charge in [-0.15, -0.1) is 0 Å². The molecule has 0 spiro atoms. The zero-order chi connectivity index (χ0) is 14.4. The highest BCUT2D eigenvalue weighted by Gasteiger charge is 2.23. The van der Waals surface area contributed by atoms with Crippen LogP contribution in [0.5, 0.6) is 0 Å². The van der Waals surface area contributed by atoms with Crippen molar-refractivity contribution in [3.63, 3.8) is 0 Å². The predicted molar refractivity (Wildman–Crippen MR) is 68.6 cm³/mol. The van der Waals surface area contributed by atoms with Gasteiger partial charge in [0.25, 0.3) is 0 Å². The molecule has 0 aromatic heterocycles. The molecule has 1 aliphatic rings. The number of nitrogens with zero attached hydrogens (tertiary/aromatic N) is 1. The molecule has 1 fully saturated rings. The fourth-order valence-electron chi connectivity index (χ4n) is 1.89. The number of carbonyl (C=O) groups excluding carboxylic acids is 2. The Morgan fingerprint density at radius 1 is 1.58 bits per heavy atom. The molecule has 7 heteroatoms. The standard InChI is InChI=1S/C12H21N3O4/c1-3-15(7-8(2)11(17)18)12(19)14-9-4-5-10(16)13-6-9/h8-9H,3-7H2,1-2H3,(H,13,16)(H,14,19)(H,17,18). The van der Waals surface area contributed by atoms with Gasteiger partial charge in [-0.25, -0.2) is 4.79 Å². The second-order valence-corrected chi connectivity index (χ2v) is 4.77. The molecular formula is C12H21N3O4. The molecule has 108 valence electrons. The van der Waals surface area contributed by atoms with Crippen molar-refractivity contribution in [1.82, 2.24) is 15.5 Å². The lowest BCUT2D eigenvalue weighted by atomic mass is 10.1. The minimum Gasteiger partial charge on any atom is -0.481 e. The lowest BCUT2D eigenvalue weighted by Gasteiger charge is -2.28. The topological polar surface area (TPSA) is 98.7 Å². The Morgan fingerprint density at radius 3 is 2.74 bits per heavy atom. The fourth-order valence-corrected chi connectivity index (χ4v) is 1.89. The van der Waals surface area contributed by atoms with E-state index in [4.69, 9.17) is 5.11 Å². The van der Waals surface area contributed by atoms with Crippen LogP contribution >= 0.6 is 0 Å². The van der Waals surface area contributed by atoms with E-state index in [1.165, 1.54) is 4.90 Å². The molecule has 7 nitrogen and oxygen atoms in total. The van der Waals surface area contributed by atoms with Crippen LogP contribution in [-0.4, -0.2) is 53.6 Å². The molecule has 3 N–H and O–H groups in total. The molecule has 1 saturated heterocycles. The van der Waals surface area contributed by atoms with Crippen LogP contribution < -0.4 is 10.6 Å². The molecule has 3 amide bonds. The van der Waals surface area contributed by atoms with Crippen molar-refractivity contribution < 1.29 is 19.5 Å². The lowest BCUT2D eigenvalue weighted by Crippen LogP contribution is -2.52. The highest BCUT2D eigenvalue weighted by molar-refractivity contribution is 5.78. The Morgan fingerprint density at radius 2 is 2.26 bits per heavy atom. The summed E-state index contributed by atoms with van der Waals surface area (Å²) in [5.74, 6) is -1.52. The Labute approximate surface area is 112 Å². The molecule has 0 aromatic carbocycles. The molecule has 0 bridgehead atoms. The second kappa shape index (κ2) is 6.96. The predicted octanol–water partition coefficient (Wildman–Crippen LogP) is 0.0172. The molecule has 0 saturated carbocycles. The maximum Gasteiger partial charge on any atom is 0.317 e. The van der Waals surface area contributed by atoms with Crippen LogP contribution in [0.2, 0.25) is 0 Å². The maximum atomic E-state index is 12.0. The summed E-state index contributed by atoms with van der Waals surface area (Å²) in [5.41, 5.74) is 0. The van der Waals surface area contributed by atoms with E-state index in [9.17, 15) is 14.4 Å². The number of nitrogens with one attached hydrogen (secondary N) is 2. The van der Waals surface area contributed by atoms with Crippen molar-refractivity contribution in [3.8, 4) is 0 Å². The molecule has 19 heavy (non-hydrogen) atoms. The number of hydrogen-bond donors (Lipinski definition) is 3. The van der Waals surface area contributed by atoms with Gasteiger partial charge < -0.3 is 20.6 Å². The molecule has 1 heterocycles. The molecule has 2 atom stereocenters. The maximum absolute atomic E-state index is 12.0. The highest BCUT2D eigenvalue weighted by Crippen LogP contribution is 2.05. The summed E-state index contributed by atoms with van der Waals surface area (Å²) in [7, 11) is 0. The summed E-state index contributed by atoms with van der Waals surface area (Å²) in [6.45, 7) is 4.42. The number of amides is 3. The average molecular weight is 271 g/mol. The van der Waals surface area contributed by atoms with Crippen LogP contribution in [0.1, 0.15) is 26.7 Å². The quantitative estimate of drug-likeness (QED) is 0.656. The van der Waals surface area contributed by atoms with Gasteiger partial charge in [-0.2, -0.15) is 0 Å².